The van der Waals surface area contributed by atoms with Gasteiger partial charge in [-0.2, -0.15) is 0 Å². The molecule has 0 atom stereocenters. The van der Waals surface area contributed by atoms with E-state index in [-0.39, 0.29) is 0 Å². The molecule has 0 aliphatic heterocycles. The maximum absolute atomic E-state index is 5.38. The van der Waals surface area contributed by atoms with Crippen molar-refractivity contribution < 1.29 is 4.42 Å². The zero-order valence-electron chi connectivity index (χ0n) is 15.9. The highest BCUT2D eigenvalue weighted by molar-refractivity contribution is 7.99. The zero-order valence-corrected chi connectivity index (χ0v) is 16.7. The zero-order chi connectivity index (χ0) is 19.3. The topological polar surface area (TPSA) is 62.5 Å². The molecule has 6 heteroatoms. The van der Waals surface area contributed by atoms with E-state index in [4.69, 9.17) is 4.42 Å². The van der Waals surface area contributed by atoms with Crippen LogP contribution in [0, 0.1) is 0 Å². The first-order chi connectivity index (χ1) is 13.9. The van der Waals surface area contributed by atoms with Gasteiger partial charge in [-0.3, -0.25) is 9.98 Å². The van der Waals surface area contributed by atoms with Gasteiger partial charge < -0.3 is 15.1 Å². The summed E-state index contributed by atoms with van der Waals surface area (Å²) in [6, 6.07) is 20.3. The molecule has 0 spiro atoms. The Labute approximate surface area is 170 Å². The molecule has 3 rings (SSSR count). The molecule has 0 fully saturated rings. The molecule has 5 nitrogen and oxygen atoms in total. The van der Waals surface area contributed by atoms with Gasteiger partial charge in [-0.1, -0.05) is 24.3 Å². The standard InChI is InChI=1S/C22H26N4OS/c1-2-9-21(10-3-1)28-18-16-26-22(25-15-12-20-8-6-17-27-20)24-14-11-19-7-4-5-13-23-19/h1-10,13,17H,11-12,14-16,18H2,(H2,24,25,26). The maximum Gasteiger partial charge on any atom is 0.191 e. The summed E-state index contributed by atoms with van der Waals surface area (Å²) in [4.78, 5) is 10.3. The largest absolute Gasteiger partial charge is 0.469 e. The third kappa shape index (κ3) is 7.48. The normalized spacial score (nSPS) is 11.4. The van der Waals surface area contributed by atoms with Crippen LogP contribution < -0.4 is 10.6 Å². The SMILES string of the molecule is c1ccc(SCCNC(=NCCc2ccco2)NCCc2ccccn2)cc1. The second kappa shape index (κ2) is 11.9. The summed E-state index contributed by atoms with van der Waals surface area (Å²) in [5, 5.41) is 6.83. The number of hydrogen-bond acceptors (Lipinski definition) is 4. The van der Waals surface area contributed by atoms with Gasteiger partial charge in [-0.05, 0) is 36.4 Å². The lowest BCUT2D eigenvalue weighted by Gasteiger charge is -2.12. The summed E-state index contributed by atoms with van der Waals surface area (Å²) in [7, 11) is 0. The third-order valence-electron chi connectivity index (χ3n) is 4.01. The van der Waals surface area contributed by atoms with E-state index < -0.39 is 0 Å². The molecular weight excluding hydrogens is 368 g/mol. The van der Waals surface area contributed by atoms with Crippen LogP contribution in [-0.2, 0) is 12.8 Å². The van der Waals surface area contributed by atoms with Crippen LogP contribution in [-0.4, -0.2) is 36.3 Å². The van der Waals surface area contributed by atoms with Crippen molar-refractivity contribution in [3.8, 4) is 0 Å². The number of nitrogens with one attached hydrogen (secondary N) is 2. The second-order valence-electron chi connectivity index (χ2n) is 6.15. The minimum atomic E-state index is 0.679. The average molecular weight is 395 g/mol. The summed E-state index contributed by atoms with van der Waals surface area (Å²) < 4.78 is 5.38. The minimum absolute atomic E-state index is 0.679. The van der Waals surface area contributed by atoms with Gasteiger partial charge in [0.05, 0.1) is 6.26 Å². The van der Waals surface area contributed by atoms with E-state index in [1.165, 1.54) is 4.90 Å². The van der Waals surface area contributed by atoms with E-state index in [0.29, 0.717) is 6.54 Å². The highest BCUT2D eigenvalue weighted by atomic mass is 32.2. The number of benzene rings is 1. The number of hydrogen-bond donors (Lipinski definition) is 2. The van der Waals surface area contributed by atoms with Gasteiger partial charge in [0, 0.05) is 55.0 Å². The molecule has 0 aliphatic rings. The first-order valence-electron chi connectivity index (χ1n) is 9.52. The maximum atomic E-state index is 5.38. The molecule has 0 radical (unpaired) electrons. The van der Waals surface area contributed by atoms with Crippen molar-refractivity contribution in [2.45, 2.75) is 17.7 Å². The van der Waals surface area contributed by atoms with E-state index >= 15 is 0 Å². The molecule has 28 heavy (non-hydrogen) atoms. The van der Waals surface area contributed by atoms with E-state index in [0.717, 1.165) is 49.1 Å². The molecule has 0 unspecified atom stereocenters. The van der Waals surface area contributed by atoms with Gasteiger partial charge in [-0.25, -0.2) is 0 Å². The fraction of sp³-hybridized carbons (Fsp3) is 0.273. The van der Waals surface area contributed by atoms with Crippen molar-refractivity contribution in [1.82, 2.24) is 15.6 Å². The van der Waals surface area contributed by atoms with Crippen LogP contribution in [0.25, 0.3) is 0 Å². The van der Waals surface area contributed by atoms with Crippen molar-refractivity contribution in [3.63, 3.8) is 0 Å². The fourth-order valence-electron chi connectivity index (χ4n) is 2.62. The number of thioether (sulfide) groups is 1. The molecule has 0 amide bonds. The van der Waals surface area contributed by atoms with Gasteiger partial charge in [0.25, 0.3) is 0 Å². The average Bonchev–Trinajstić information content (AvgIpc) is 3.26. The smallest absolute Gasteiger partial charge is 0.191 e. The van der Waals surface area contributed by atoms with Crippen molar-refractivity contribution in [3.05, 3.63) is 84.6 Å². The lowest BCUT2D eigenvalue weighted by atomic mass is 10.3. The fourth-order valence-corrected chi connectivity index (χ4v) is 3.41. The molecule has 1 aromatic carbocycles. The molecule has 2 aromatic heterocycles. The molecule has 0 saturated heterocycles. The Hall–Kier alpha value is -2.73. The summed E-state index contributed by atoms with van der Waals surface area (Å²) in [6.07, 6.45) is 5.17. The second-order valence-corrected chi connectivity index (χ2v) is 7.31. The molecule has 0 aliphatic carbocycles. The van der Waals surface area contributed by atoms with Crippen LogP contribution in [0.4, 0.5) is 0 Å². The number of guanidine groups is 1. The van der Waals surface area contributed by atoms with Crippen molar-refractivity contribution in [1.29, 1.82) is 0 Å². The highest BCUT2D eigenvalue weighted by Gasteiger charge is 2.01. The van der Waals surface area contributed by atoms with E-state index in [1.54, 1.807) is 6.26 Å². The molecule has 0 bridgehead atoms. The number of rotatable bonds is 10. The number of nitrogens with zero attached hydrogens (tertiary/aromatic N) is 2. The van der Waals surface area contributed by atoms with Crippen LogP contribution >= 0.6 is 11.8 Å². The number of aromatic nitrogens is 1. The van der Waals surface area contributed by atoms with Crippen LogP contribution in [0.2, 0.25) is 0 Å². The van der Waals surface area contributed by atoms with Gasteiger partial charge >= 0.3 is 0 Å². The lowest BCUT2D eigenvalue weighted by Crippen LogP contribution is -2.39. The number of aliphatic imine (C=N–C) groups is 1. The first-order valence-corrected chi connectivity index (χ1v) is 10.5. The minimum Gasteiger partial charge on any atom is -0.469 e. The Balaban J connectivity index is 1.44. The van der Waals surface area contributed by atoms with Crippen molar-refractivity contribution in [2.24, 2.45) is 4.99 Å². The van der Waals surface area contributed by atoms with Crippen molar-refractivity contribution in [2.75, 3.05) is 25.4 Å². The Morgan fingerprint density at radius 3 is 2.57 bits per heavy atom. The molecule has 2 N–H and O–H groups in total. The lowest BCUT2D eigenvalue weighted by molar-refractivity contribution is 0.510. The van der Waals surface area contributed by atoms with Gasteiger partial charge in [0.2, 0.25) is 0 Å². The number of pyridine rings is 1. The van der Waals surface area contributed by atoms with E-state index in [9.17, 15) is 0 Å². The predicted octanol–water partition coefficient (Wildman–Crippen LogP) is 3.79. The Bertz CT molecular complexity index is 807. The van der Waals surface area contributed by atoms with Gasteiger partial charge in [0.1, 0.15) is 5.76 Å². The third-order valence-corrected chi connectivity index (χ3v) is 5.03. The first kappa shape index (κ1) is 20.0. The molecule has 146 valence electrons. The predicted molar refractivity (Wildman–Crippen MR) is 116 cm³/mol. The van der Waals surface area contributed by atoms with Gasteiger partial charge in [-0.15, -0.1) is 11.8 Å². The summed E-state index contributed by atoms with van der Waals surface area (Å²) in [6.45, 7) is 2.31. The highest BCUT2D eigenvalue weighted by Crippen LogP contribution is 2.15. The summed E-state index contributed by atoms with van der Waals surface area (Å²) in [5.74, 6) is 2.76. The molecule has 0 saturated carbocycles. The van der Waals surface area contributed by atoms with Crippen LogP contribution in [0.1, 0.15) is 11.5 Å². The van der Waals surface area contributed by atoms with E-state index in [1.807, 2.05) is 54.4 Å². The number of furan rings is 1. The van der Waals surface area contributed by atoms with Crippen molar-refractivity contribution >= 4 is 17.7 Å². The van der Waals surface area contributed by atoms with Gasteiger partial charge in [0.15, 0.2) is 5.96 Å². The Kier molecular flexibility index (Phi) is 8.49. The van der Waals surface area contributed by atoms with Crippen LogP contribution in [0.15, 0.2) is 87.4 Å². The van der Waals surface area contributed by atoms with Crippen LogP contribution in [0.3, 0.4) is 0 Å². The summed E-state index contributed by atoms with van der Waals surface area (Å²) >= 11 is 1.83. The monoisotopic (exact) mass is 394 g/mol. The molecule has 2 heterocycles. The Morgan fingerprint density at radius 1 is 0.929 bits per heavy atom. The van der Waals surface area contributed by atoms with E-state index in [2.05, 4.69) is 44.9 Å². The molecular formula is C22H26N4OS. The quantitative estimate of drug-likeness (QED) is 0.237. The van der Waals surface area contributed by atoms with Crippen LogP contribution in [0.5, 0.6) is 0 Å². The summed E-state index contributed by atoms with van der Waals surface area (Å²) in [5.41, 5.74) is 1.07. The molecule has 3 aromatic rings. The Morgan fingerprint density at radius 2 is 1.79 bits per heavy atom.